The van der Waals surface area contributed by atoms with Crippen LogP contribution in [0.3, 0.4) is 0 Å². The summed E-state index contributed by atoms with van der Waals surface area (Å²) in [5.74, 6) is 2.59. The van der Waals surface area contributed by atoms with Crippen molar-refractivity contribution in [3.05, 3.63) is 29.3 Å². The van der Waals surface area contributed by atoms with E-state index in [4.69, 9.17) is 14.2 Å². The smallest absolute Gasteiger partial charge is 0.157 e. The quantitative estimate of drug-likeness (QED) is 0.785. The highest BCUT2D eigenvalue weighted by Crippen LogP contribution is 2.48. The Kier molecular flexibility index (Phi) is 5.82. The van der Waals surface area contributed by atoms with E-state index in [1.54, 1.807) is 7.11 Å². The second kappa shape index (κ2) is 8.28. The lowest BCUT2D eigenvalue weighted by atomic mass is 9.73. The van der Waals surface area contributed by atoms with Gasteiger partial charge in [0.25, 0.3) is 0 Å². The van der Waals surface area contributed by atoms with Gasteiger partial charge in [0.1, 0.15) is 5.75 Å². The number of fused-ring (bicyclic) bond motifs is 2. The summed E-state index contributed by atoms with van der Waals surface area (Å²) in [6.45, 7) is 1.58. The lowest BCUT2D eigenvalue weighted by molar-refractivity contribution is -0.163. The summed E-state index contributed by atoms with van der Waals surface area (Å²) in [6, 6.07) is 6.39. The van der Waals surface area contributed by atoms with Crippen LogP contribution < -0.4 is 4.74 Å². The van der Waals surface area contributed by atoms with Crippen LogP contribution in [0.15, 0.2) is 18.2 Å². The van der Waals surface area contributed by atoms with E-state index in [0.717, 1.165) is 63.9 Å². The normalized spacial score (nSPS) is 33.5. The maximum atomic E-state index is 10.7. The predicted molar refractivity (Wildman–Crippen MR) is 100 cm³/mol. The zero-order valence-electron chi connectivity index (χ0n) is 15.9. The molecule has 4 nitrogen and oxygen atoms in total. The van der Waals surface area contributed by atoms with Crippen LogP contribution in [0.2, 0.25) is 0 Å². The van der Waals surface area contributed by atoms with E-state index in [-0.39, 0.29) is 12.4 Å². The van der Waals surface area contributed by atoms with Crippen molar-refractivity contribution in [2.75, 3.05) is 20.3 Å². The summed E-state index contributed by atoms with van der Waals surface area (Å²) in [5, 5.41) is 10.7. The third kappa shape index (κ3) is 3.78. The molecule has 1 saturated carbocycles. The number of methoxy groups -OCH3 is 1. The molecule has 4 heteroatoms. The first-order valence-electron chi connectivity index (χ1n) is 10.3. The fourth-order valence-electron chi connectivity index (χ4n) is 5.37. The van der Waals surface area contributed by atoms with Crippen LogP contribution in [-0.4, -0.2) is 37.8 Å². The first-order chi connectivity index (χ1) is 12.8. The SMILES string of the molecule is COc1cccc2c1C[C@H]1C[C@@H](O)C(CCCOC3CCCCO3)[C@H]1C2. The monoisotopic (exact) mass is 360 g/mol. The second-order valence-electron chi connectivity index (χ2n) is 8.21. The minimum Gasteiger partial charge on any atom is -0.496 e. The van der Waals surface area contributed by atoms with Gasteiger partial charge < -0.3 is 19.3 Å². The molecule has 0 spiro atoms. The molecule has 2 aliphatic carbocycles. The van der Waals surface area contributed by atoms with Crippen molar-refractivity contribution < 1.29 is 19.3 Å². The maximum Gasteiger partial charge on any atom is 0.157 e. The Labute approximate surface area is 156 Å². The molecule has 5 atom stereocenters. The Hall–Kier alpha value is -1.10. The summed E-state index contributed by atoms with van der Waals surface area (Å²) in [6.07, 6.45) is 8.33. The first-order valence-corrected chi connectivity index (χ1v) is 10.3. The molecule has 0 aromatic heterocycles. The average molecular weight is 360 g/mol. The number of hydrogen-bond acceptors (Lipinski definition) is 4. The number of hydrogen-bond donors (Lipinski definition) is 1. The van der Waals surface area contributed by atoms with Crippen molar-refractivity contribution in [1.29, 1.82) is 0 Å². The molecule has 4 rings (SSSR count). The maximum absolute atomic E-state index is 10.7. The van der Waals surface area contributed by atoms with Gasteiger partial charge >= 0.3 is 0 Å². The van der Waals surface area contributed by atoms with Crippen LogP contribution in [0.5, 0.6) is 5.75 Å². The van der Waals surface area contributed by atoms with Gasteiger partial charge in [-0.2, -0.15) is 0 Å². The van der Waals surface area contributed by atoms with Crippen molar-refractivity contribution in [3.8, 4) is 5.75 Å². The molecule has 1 aromatic carbocycles. The van der Waals surface area contributed by atoms with Crippen molar-refractivity contribution >= 4 is 0 Å². The molecule has 1 saturated heterocycles. The fourth-order valence-corrected chi connectivity index (χ4v) is 5.37. The van der Waals surface area contributed by atoms with Crippen molar-refractivity contribution in [1.82, 2.24) is 0 Å². The Morgan fingerprint density at radius 2 is 2.15 bits per heavy atom. The minimum atomic E-state index is -0.170. The molecule has 0 bridgehead atoms. The fraction of sp³-hybridized carbons (Fsp3) is 0.727. The van der Waals surface area contributed by atoms with E-state index in [1.807, 2.05) is 0 Å². The average Bonchev–Trinajstić information content (AvgIpc) is 2.98. The van der Waals surface area contributed by atoms with Crippen LogP contribution >= 0.6 is 0 Å². The summed E-state index contributed by atoms with van der Waals surface area (Å²) < 4.78 is 17.1. The Bertz CT molecular complexity index is 596. The summed E-state index contributed by atoms with van der Waals surface area (Å²) in [4.78, 5) is 0. The number of benzene rings is 1. The standard InChI is InChI=1S/C22H32O4/c1-24-21-8-4-6-15-12-18-16(13-19(15)21)14-20(23)17(18)7-5-11-26-22-9-2-3-10-25-22/h4,6,8,16-18,20,22-23H,2-3,5,7,9-14H2,1H3/t16-,17?,18-,20+,22?/m0/s1. The highest BCUT2D eigenvalue weighted by atomic mass is 16.7. The number of aliphatic hydroxyl groups is 1. The molecular weight excluding hydrogens is 328 g/mol. The van der Waals surface area contributed by atoms with E-state index in [9.17, 15) is 5.11 Å². The molecule has 2 unspecified atom stereocenters. The van der Waals surface area contributed by atoms with Crippen molar-refractivity contribution in [3.63, 3.8) is 0 Å². The molecular formula is C22H32O4. The lowest BCUT2D eigenvalue weighted by Gasteiger charge is -2.32. The van der Waals surface area contributed by atoms with Crippen molar-refractivity contribution in [2.24, 2.45) is 17.8 Å². The van der Waals surface area contributed by atoms with Gasteiger partial charge in [-0.1, -0.05) is 12.1 Å². The van der Waals surface area contributed by atoms with Crippen molar-refractivity contribution in [2.45, 2.75) is 63.8 Å². The first kappa shape index (κ1) is 18.3. The van der Waals surface area contributed by atoms with E-state index in [1.165, 1.54) is 17.5 Å². The summed E-state index contributed by atoms with van der Waals surface area (Å²) in [5.41, 5.74) is 2.78. The molecule has 0 radical (unpaired) electrons. The van der Waals surface area contributed by atoms with E-state index in [2.05, 4.69) is 18.2 Å². The van der Waals surface area contributed by atoms with E-state index in [0.29, 0.717) is 17.8 Å². The lowest BCUT2D eigenvalue weighted by Crippen LogP contribution is -2.28. The Balaban J connectivity index is 1.33. The Morgan fingerprint density at radius 1 is 1.23 bits per heavy atom. The van der Waals surface area contributed by atoms with Crippen LogP contribution in [0, 0.1) is 17.8 Å². The number of rotatable bonds is 6. The predicted octanol–water partition coefficient (Wildman–Crippen LogP) is 3.73. The van der Waals surface area contributed by atoms with Gasteiger partial charge in [0.2, 0.25) is 0 Å². The molecule has 1 aliphatic heterocycles. The minimum absolute atomic E-state index is 0.000905. The van der Waals surface area contributed by atoms with Gasteiger partial charge in [-0.05, 0) is 86.3 Å². The molecule has 1 heterocycles. The van der Waals surface area contributed by atoms with E-state index >= 15 is 0 Å². The molecule has 3 aliphatic rings. The molecule has 0 amide bonds. The van der Waals surface area contributed by atoms with Gasteiger partial charge in [0, 0.05) is 13.2 Å². The zero-order valence-corrected chi connectivity index (χ0v) is 15.9. The van der Waals surface area contributed by atoms with Crippen LogP contribution in [-0.2, 0) is 22.3 Å². The third-order valence-electron chi connectivity index (χ3n) is 6.69. The van der Waals surface area contributed by atoms with E-state index < -0.39 is 0 Å². The van der Waals surface area contributed by atoms with Gasteiger partial charge in [-0.25, -0.2) is 0 Å². The third-order valence-corrected chi connectivity index (χ3v) is 6.69. The summed E-state index contributed by atoms with van der Waals surface area (Å²) >= 11 is 0. The summed E-state index contributed by atoms with van der Waals surface area (Å²) in [7, 11) is 1.75. The zero-order chi connectivity index (χ0) is 17.9. The highest BCUT2D eigenvalue weighted by molar-refractivity contribution is 5.43. The largest absolute Gasteiger partial charge is 0.496 e. The molecule has 1 aromatic rings. The van der Waals surface area contributed by atoms with Crippen LogP contribution in [0.1, 0.15) is 49.7 Å². The van der Waals surface area contributed by atoms with Gasteiger partial charge in [-0.15, -0.1) is 0 Å². The highest BCUT2D eigenvalue weighted by Gasteiger charge is 2.44. The van der Waals surface area contributed by atoms with Crippen LogP contribution in [0.25, 0.3) is 0 Å². The van der Waals surface area contributed by atoms with Gasteiger partial charge in [-0.3, -0.25) is 0 Å². The molecule has 2 fully saturated rings. The number of ether oxygens (including phenoxy) is 3. The molecule has 1 N–H and O–H groups in total. The van der Waals surface area contributed by atoms with Gasteiger partial charge in [0.05, 0.1) is 13.2 Å². The number of aliphatic hydroxyl groups excluding tert-OH is 1. The second-order valence-corrected chi connectivity index (χ2v) is 8.21. The Morgan fingerprint density at radius 3 is 2.96 bits per heavy atom. The molecule has 26 heavy (non-hydrogen) atoms. The topological polar surface area (TPSA) is 47.9 Å². The van der Waals surface area contributed by atoms with Crippen LogP contribution in [0.4, 0.5) is 0 Å². The molecule has 144 valence electrons. The van der Waals surface area contributed by atoms with Gasteiger partial charge in [0.15, 0.2) is 6.29 Å².